The zero-order chi connectivity index (χ0) is 14.7. The molecule has 0 aromatic heterocycles. The highest BCUT2D eigenvalue weighted by Gasteiger charge is 2.10. The van der Waals surface area contributed by atoms with Crippen molar-refractivity contribution < 1.29 is 0 Å². The summed E-state index contributed by atoms with van der Waals surface area (Å²) in [6.45, 7) is 2.11. The molecule has 0 spiro atoms. The predicted molar refractivity (Wildman–Crippen MR) is 89.3 cm³/mol. The van der Waals surface area contributed by atoms with Gasteiger partial charge in [-0.05, 0) is 42.8 Å². The number of nitrogens with zero attached hydrogens (tertiary/aromatic N) is 1. The van der Waals surface area contributed by atoms with Gasteiger partial charge in [0.05, 0.1) is 11.4 Å². The summed E-state index contributed by atoms with van der Waals surface area (Å²) in [5.74, 6) is 0. The number of nitrogens with one attached hydrogen (secondary N) is 1. The van der Waals surface area contributed by atoms with Crippen molar-refractivity contribution in [2.45, 2.75) is 13.0 Å². The molecule has 2 aromatic rings. The van der Waals surface area contributed by atoms with Crippen LogP contribution in [0.15, 0.2) is 42.5 Å². The van der Waals surface area contributed by atoms with E-state index < -0.39 is 0 Å². The minimum absolute atomic E-state index is 0.171. The average Bonchev–Trinajstić information content (AvgIpc) is 2.39. The molecule has 2 rings (SSSR count). The van der Waals surface area contributed by atoms with Crippen molar-refractivity contribution in [1.82, 2.24) is 0 Å². The third kappa shape index (κ3) is 3.59. The molecule has 1 N–H and O–H groups in total. The Morgan fingerprint density at radius 2 is 1.55 bits per heavy atom. The Balaban J connectivity index is 2.24. The van der Waals surface area contributed by atoms with Crippen LogP contribution in [0.2, 0.25) is 10.0 Å². The van der Waals surface area contributed by atoms with Gasteiger partial charge in [-0.15, -0.1) is 0 Å². The molecule has 20 heavy (non-hydrogen) atoms. The molecule has 2 aromatic carbocycles. The van der Waals surface area contributed by atoms with Crippen molar-refractivity contribution in [3.63, 3.8) is 0 Å². The minimum Gasteiger partial charge on any atom is -0.377 e. The van der Waals surface area contributed by atoms with E-state index in [4.69, 9.17) is 23.2 Å². The molecular weight excluding hydrogens is 291 g/mol. The van der Waals surface area contributed by atoms with Gasteiger partial charge in [-0.3, -0.25) is 0 Å². The SMILES string of the molecule is CC(Nc1cc(Cl)ccc1N(C)C)c1ccc(Cl)cc1. The van der Waals surface area contributed by atoms with E-state index in [2.05, 4.69) is 17.1 Å². The van der Waals surface area contributed by atoms with Crippen LogP contribution in [0.4, 0.5) is 11.4 Å². The summed E-state index contributed by atoms with van der Waals surface area (Å²) in [4.78, 5) is 2.06. The summed E-state index contributed by atoms with van der Waals surface area (Å²) >= 11 is 12.0. The summed E-state index contributed by atoms with van der Waals surface area (Å²) in [6, 6.07) is 13.9. The monoisotopic (exact) mass is 308 g/mol. The molecule has 0 saturated carbocycles. The first-order valence-electron chi connectivity index (χ1n) is 6.46. The van der Waals surface area contributed by atoms with Crippen LogP contribution in [0.25, 0.3) is 0 Å². The Hall–Kier alpha value is -1.38. The Labute approximate surface area is 130 Å². The minimum atomic E-state index is 0.171. The fourth-order valence-electron chi connectivity index (χ4n) is 2.08. The van der Waals surface area contributed by atoms with Crippen LogP contribution in [0.5, 0.6) is 0 Å². The predicted octanol–water partition coefficient (Wildman–Crippen LogP) is 5.23. The fraction of sp³-hybridized carbons (Fsp3) is 0.250. The van der Waals surface area contributed by atoms with Gasteiger partial charge in [0.1, 0.15) is 0 Å². The van der Waals surface area contributed by atoms with Crippen molar-refractivity contribution in [2.75, 3.05) is 24.3 Å². The highest BCUT2D eigenvalue weighted by molar-refractivity contribution is 6.31. The standard InChI is InChI=1S/C16H18Cl2N2/c1-11(12-4-6-13(17)7-5-12)19-15-10-14(18)8-9-16(15)20(2)3/h4-11,19H,1-3H3. The van der Waals surface area contributed by atoms with E-state index in [0.29, 0.717) is 0 Å². The number of halogens is 2. The van der Waals surface area contributed by atoms with Crippen molar-refractivity contribution in [2.24, 2.45) is 0 Å². The molecule has 106 valence electrons. The Bertz CT molecular complexity index is 580. The lowest BCUT2D eigenvalue weighted by atomic mass is 10.1. The molecule has 0 aliphatic heterocycles. The molecule has 2 nitrogen and oxygen atoms in total. The van der Waals surface area contributed by atoms with Crippen molar-refractivity contribution in [1.29, 1.82) is 0 Å². The normalized spacial score (nSPS) is 12.1. The second-order valence-corrected chi connectivity index (χ2v) is 5.85. The quantitative estimate of drug-likeness (QED) is 0.831. The summed E-state index contributed by atoms with van der Waals surface area (Å²) in [7, 11) is 4.03. The van der Waals surface area contributed by atoms with Gasteiger partial charge >= 0.3 is 0 Å². The maximum Gasteiger partial charge on any atom is 0.0598 e. The van der Waals surface area contributed by atoms with Gasteiger partial charge in [0, 0.05) is 30.2 Å². The lowest BCUT2D eigenvalue weighted by Crippen LogP contribution is -2.14. The summed E-state index contributed by atoms with van der Waals surface area (Å²) < 4.78 is 0. The summed E-state index contributed by atoms with van der Waals surface area (Å²) in [5.41, 5.74) is 3.30. The first kappa shape index (κ1) is 15.0. The molecule has 0 bridgehead atoms. The van der Waals surface area contributed by atoms with E-state index in [-0.39, 0.29) is 6.04 Å². The van der Waals surface area contributed by atoms with Crippen LogP contribution in [0.3, 0.4) is 0 Å². The van der Waals surface area contributed by atoms with E-state index in [0.717, 1.165) is 21.4 Å². The van der Waals surface area contributed by atoms with E-state index >= 15 is 0 Å². The van der Waals surface area contributed by atoms with Gasteiger partial charge < -0.3 is 10.2 Å². The Kier molecular flexibility index (Phi) is 4.79. The molecular formula is C16H18Cl2N2. The van der Waals surface area contributed by atoms with Gasteiger partial charge in [-0.1, -0.05) is 35.3 Å². The van der Waals surface area contributed by atoms with E-state index in [1.807, 2.05) is 56.6 Å². The number of hydrogen-bond donors (Lipinski definition) is 1. The molecule has 1 atom stereocenters. The first-order valence-corrected chi connectivity index (χ1v) is 7.22. The maximum absolute atomic E-state index is 6.10. The number of hydrogen-bond acceptors (Lipinski definition) is 2. The average molecular weight is 309 g/mol. The van der Waals surface area contributed by atoms with E-state index in [1.54, 1.807) is 0 Å². The third-order valence-electron chi connectivity index (χ3n) is 3.18. The van der Waals surface area contributed by atoms with Crippen molar-refractivity contribution >= 4 is 34.6 Å². The molecule has 0 amide bonds. The molecule has 0 radical (unpaired) electrons. The number of anilines is 2. The molecule has 0 heterocycles. The molecule has 0 aliphatic rings. The first-order chi connectivity index (χ1) is 9.47. The topological polar surface area (TPSA) is 15.3 Å². The fourth-order valence-corrected chi connectivity index (χ4v) is 2.38. The van der Waals surface area contributed by atoms with E-state index in [1.165, 1.54) is 5.56 Å². The van der Waals surface area contributed by atoms with E-state index in [9.17, 15) is 0 Å². The van der Waals surface area contributed by atoms with Gasteiger partial charge in [-0.2, -0.15) is 0 Å². The second kappa shape index (κ2) is 6.38. The molecule has 1 unspecified atom stereocenters. The third-order valence-corrected chi connectivity index (χ3v) is 3.67. The number of rotatable bonds is 4. The van der Waals surface area contributed by atoms with Crippen LogP contribution in [-0.2, 0) is 0 Å². The second-order valence-electron chi connectivity index (χ2n) is 4.97. The zero-order valence-electron chi connectivity index (χ0n) is 11.8. The Morgan fingerprint density at radius 1 is 0.950 bits per heavy atom. The molecule has 4 heteroatoms. The largest absolute Gasteiger partial charge is 0.377 e. The highest BCUT2D eigenvalue weighted by Crippen LogP contribution is 2.31. The molecule has 0 fully saturated rings. The van der Waals surface area contributed by atoms with Crippen LogP contribution in [0, 0.1) is 0 Å². The van der Waals surface area contributed by atoms with Crippen LogP contribution in [-0.4, -0.2) is 14.1 Å². The van der Waals surface area contributed by atoms with Gasteiger partial charge in [0.15, 0.2) is 0 Å². The lowest BCUT2D eigenvalue weighted by Gasteiger charge is -2.22. The highest BCUT2D eigenvalue weighted by atomic mass is 35.5. The zero-order valence-corrected chi connectivity index (χ0v) is 13.3. The van der Waals surface area contributed by atoms with Crippen molar-refractivity contribution in [3.05, 3.63) is 58.1 Å². The van der Waals surface area contributed by atoms with Crippen LogP contribution < -0.4 is 10.2 Å². The lowest BCUT2D eigenvalue weighted by molar-refractivity contribution is 0.883. The van der Waals surface area contributed by atoms with Gasteiger partial charge in [0.25, 0.3) is 0 Å². The van der Waals surface area contributed by atoms with Crippen LogP contribution >= 0.6 is 23.2 Å². The molecule has 0 aliphatic carbocycles. The summed E-state index contributed by atoms with van der Waals surface area (Å²) in [6.07, 6.45) is 0. The van der Waals surface area contributed by atoms with Gasteiger partial charge in [-0.25, -0.2) is 0 Å². The maximum atomic E-state index is 6.10. The molecule has 0 saturated heterocycles. The van der Waals surface area contributed by atoms with Gasteiger partial charge in [0.2, 0.25) is 0 Å². The summed E-state index contributed by atoms with van der Waals surface area (Å²) in [5, 5.41) is 4.97. The van der Waals surface area contributed by atoms with Crippen molar-refractivity contribution in [3.8, 4) is 0 Å². The Morgan fingerprint density at radius 3 is 2.15 bits per heavy atom. The number of benzene rings is 2. The van der Waals surface area contributed by atoms with Crippen LogP contribution in [0.1, 0.15) is 18.5 Å². The smallest absolute Gasteiger partial charge is 0.0598 e.